The third-order valence-corrected chi connectivity index (χ3v) is 2.84. The van der Waals surface area contributed by atoms with Gasteiger partial charge in [0.15, 0.2) is 6.10 Å². The number of aliphatic carboxylic acids is 1. The lowest BCUT2D eigenvalue weighted by atomic mass is 9.93. The molecule has 0 amide bonds. The molecular weight excluding hydrogens is 214 g/mol. The number of hydrogen-bond acceptors (Lipinski definition) is 4. The van der Waals surface area contributed by atoms with E-state index < -0.39 is 12.1 Å². The van der Waals surface area contributed by atoms with Crippen molar-refractivity contribution in [1.29, 1.82) is 0 Å². The monoisotopic (exact) mass is 229 g/mol. The van der Waals surface area contributed by atoms with Gasteiger partial charge in [0, 0.05) is 17.2 Å². The Kier molecular flexibility index (Phi) is 3.46. The molecule has 84 valence electrons. The first-order chi connectivity index (χ1) is 6.80. The second kappa shape index (κ2) is 4.28. The second-order valence-electron chi connectivity index (χ2n) is 4.43. The van der Waals surface area contributed by atoms with Crippen molar-refractivity contribution in [2.24, 2.45) is 0 Å². The van der Waals surface area contributed by atoms with Gasteiger partial charge in [0.05, 0.1) is 10.7 Å². The summed E-state index contributed by atoms with van der Waals surface area (Å²) >= 11 is 1.39. The number of aromatic nitrogens is 1. The Morgan fingerprint density at radius 2 is 2.20 bits per heavy atom. The van der Waals surface area contributed by atoms with E-state index in [4.69, 9.17) is 10.2 Å². The topological polar surface area (TPSA) is 70.4 Å². The highest BCUT2D eigenvalue weighted by Gasteiger charge is 2.20. The maximum absolute atomic E-state index is 10.4. The molecule has 0 fully saturated rings. The molecule has 2 N–H and O–H groups in total. The standard InChI is InChI=1S/C10H15NO3S/c1-10(2,3)7-5-15-8(11-7)4-6(12)9(13)14/h5-6,12H,4H2,1-3H3,(H,13,14). The summed E-state index contributed by atoms with van der Waals surface area (Å²) in [6.45, 7) is 6.12. The first kappa shape index (κ1) is 12.1. The number of nitrogens with zero attached hydrogens (tertiary/aromatic N) is 1. The predicted molar refractivity (Wildman–Crippen MR) is 58.2 cm³/mol. The summed E-state index contributed by atoms with van der Waals surface area (Å²) < 4.78 is 0. The molecule has 0 aliphatic heterocycles. The van der Waals surface area contributed by atoms with Gasteiger partial charge in [-0.25, -0.2) is 9.78 Å². The smallest absolute Gasteiger partial charge is 0.332 e. The van der Waals surface area contributed by atoms with Crippen LogP contribution in [0.4, 0.5) is 0 Å². The number of carboxylic acid groups (broad SMARTS) is 1. The molecule has 1 unspecified atom stereocenters. The molecule has 1 heterocycles. The van der Waals surface area contributed by atoms with Gasteiger partial charge in [-0.3, -0.25) is 0 Å². The average molecular weight is 229 g/mol. The molecule has 15 heavy (non-hydrogen) atoms. The van der Waals surface area contributed by atoms with Crippen molar-refractivity contribution in [2.45, 2.75) is 38.7 Å². The SMILES string of the molecule is CC(C)(C)c1csc(CC(O)C(=O)O)n1. The molecule has 1 aromatic heterocycles. The minimum absolute atomic E-state index is 0.0388. The van der Waals surface area contributed by atoms with Gasteiger partial charge in [0.25, 0.3) is 0 Å². The zero-order valence-electron chi connectivity index (χ0n) is 9.02. The highest BCUT2D eigenvalue weighted by Crippen LogP contribution is 2.24. The predicted octanol–water partition coefficient (Wildman–Crippen LogP) is 1.43. The van der Waals surface area contributed by atoms with Crippen molar-refractivity contribution in [3.63, 3.8) is 0 Å². The van der Waals surface area contributed by atoms with Crippen molar-refractivity contribution >= 4 is 17.3 Å². The van der Waals surface area contributed by atoms with E-state index in [2.05, 4.69) is 4.98 Å². The van der Waals surface area contributed by atoms with Crippen molar-refractivity contribution in [3.8, 4) is 0 Å². The van der Waals surface area contributed by atoms with Crippen LogP contribution in [0.25, 0.3) is 0 Å². The lowest BCUT2D eigenvalue weighted by Gasteiger charge is -2.14. The van der Waals surface area contributed by atoms with E-state index in [1.54, 1.807) is 0 Å². The molecule has 1 aromatic rings. The molecule has 1 atom stereocenters. The molecule has 0 saturated carbocycles. The Balaban J connectivity index is 2.73. The van der Waals surface area contributed by atoms with Crippen LogP contribution in [0.1, 0.15) is 31.5 Å². The fourth-order valence-corrected chi connectivity index (χ4v) is 2.06. The number of aliphatic hydroxyl groups excluding tert-OH is 1. The molecule has 0 aliphatic rings. The van der Waals surface area contributed by atoms with Gasteiger partial charge >= 0.3 is 5.97 Å². The summed E-state index contributed by atoms with van der Waals surface area (Å²) in [7, 11) is 0. The quantitative estimate of drug-likeness (QED) is 0.822. The summed E-state index contributed by atoms with van der Waals surface area (Å²) in [5.74, 6) is -1.21. The van der Waals surface area contributed by atoms with E-state index in [1.807, 2.05) is 26.2 Å². The molecule has 0 bridgehead atoms. The molecule has 4 nitrogen and oxygen atoms in total. The van der Waals surface area contributed by atoms with Crippen LogP contribution in [-0.2, 0) is 16.6 Å². The van der Waals surface area contributed by atoms with Crippen molar-refractivity contribution in [1.82, 2.24) is 4.98 Å². The summed E-state index contributed by atoms with van der Waals surface area (Å²) in [6.07, 6.45) is -1.28. The minimum Gasteiger partial charge on any atom is -0.479 e. The largest absolute Gasteiger partial charge is 0.479 e. The van der Waals surface area contributed by atoms with Crippen LogP contribution in [0.2, 0.25) is 0 Å². The number of carboxylic acids is 1. The van der Waals surface area contributed by atoms with Gasteiger partial charge in [0.1, 0.15) is 0 Å². The Hall–Kier alpha value is -0.940. The van der Waals surface area contributed by atoms with Crippen molar-refractivity contribution < 1.29 is 15.0 Å². The maximum Gasteiger partial charge on any atom is 0.332 e. The molecule has 0 saturated heterocycles. The fourth-order valence-electron chi connectivity index (χ4n) is 1.00. The number of hydrogen-bond donors (Lipinski definition) is 2. The van der Waals surface area contributed by atoms with Crippen LogP contribution in [-0.4, -0.2) is 27.3 Å². The van der Waals surface area contributed by atoms with E-state index in [0.29, 0.717) is 5.01 Å². The lowest BCUT2D eigenvalue weighted by Crippen LogP contribution is -2.22. The Labute approximate surface area is 92.6 Å². The Morgan fingerprint density at radius 1 is 1.60 bits per heavy atom. The van der Waals surface area contributed by atoms with Crippen LogP contribution < -0.4 is 0 Å². The first-order valence-corrected chi connectivity index (χ1v) is 5.54. The summed E-state index contributed by atoms with van der Waals surface area (Å²) in [6, 6.07) is 0. The average Bonchev–Trinajstić information content (AvgIpc) is 2.51. The number of aliphatic hydroxyl groups is 1. The van der Waals surface area contributed by atoms with Crippen molar-refractivity contribution in [2.75, 3.05) is 0 Å². The highest BCUT2D eigenvalue weighted by atomic mass is 32.1. The van der Waals surface area contributed by atoms with E-state index in [1.165, 1.54) is 11.3 Å². The van der Waals surface area contributed by atoms with Crippen LogP contribution in [0.5, 0.6) is 0 Å². The van der Waals surface area contributed by atoms with Crippen LogP contribution in [0.3, 0.4) is 0 Å². The van der Waals surface area contributed by atoms with E-state index >= 15 is 0 Å². The molecule has 0 aromatic carbocycles. The molecule has 1 rings (SSSR count). The molecule has 0 radical (unpaired) electrons. The highest BCUT2D eigenvalue weighted by molar-refractivity contribution is 7.09. The number of carbonyl (C=O) groups is 1. The van der Waals surface area contributed by atoms with E-state index in [9.17, 15) is 4.79 Å². The van der Waals surface area contributed by atoms with Crippen LogP contribution in [0.15, 0.2) is 5.38 Å². The van der Waals surface area contributed by atoms with Crippen molar-refractivity contribution in [3.05, 3.63) is 16.1 Å². The van der Waals surface area contributed by atoms with Gasteiger partial charge < -0.3 is 10.2 Å². The first-order valence-electron chi connectivity index (χ1n) is 4.66. The third kappa shape index (κ3) is 3.28. The zero-order valence-corrected chi connectivity index (χ0v) is 9.84. The Morgan fingerprint density at radius 3 is 2.60 bits per heavy atom. The van der Waals surface area contributed by atoms with Crippen LogP contribution >= 0.6 is 11.3 Å². The molecule has 5 heteroatoms. The number of rotatable bonds is 3. The summed E-state index contributed by atoms with van der Waals surface area (Å²) in [5.41, 5.74) is 0.892. The van der Waals surface area contributed by atoms with E-state index in [-0.39, 0.29) is 11.8 Å². The summed E-state index contributed by atoms with van der Waals surface area (Å²) in [4.78, 5) is 14.7. The maximum atomic E-state index is 10.4. The lowest BCUT2D eigenvalue weighted by molar-refractivity contribution is -0.146. The number of thiazole rings is 1. The molecule has 0 aliphatic carbocycles. The van der Waals surface area contributed by atoms with Gasteiger partial charge in [-0.1, -0.05) is 20.8 Å². The fraction of sp³-hybridized carbons (Fsp3) is 0.600. The summed E-state index contributed by atoms with van der Waals surface area (Å²) in [5, 5.41) is 20.3. The minimum atomic E-state index is -1.36. The Bertz CT molecular complexity index is 354. The van der Waals surface area contributed by atoms with Gasteiger partial charge in [-0.05, 0) is 0 Å². The zero-order chi connectivity index (χ0) is 11.6. The molecule has 0 spiro atoms. The van der Waals surface area contributed by atoms with Crippen LogP contribution in [0, 0.1) is 0 Å². The second-order valence-corrected chi connectivity index (χ2v) is 5.38. The van der Waals surface area contributed by atoms with Gasteiger partial charge in [-0.15, -0.1) is 11.3 Å². The third-order valence-electron chi connectivity index (χ3n) is 1.97. The van der Waals surface area contributed by atoms with Gasteiger partial charge in [-0.2, -0.15) is 0 Å². The van der Waals surface area contributed by atoms with Gasteiger partial charge in [0.2, 0.25) is 0 Å². The molecular formula is C10H15NO3S. The van der Waals surface area contributed by atoms with E-state index in [0.717, 1.165) is 5.69 Å². The normalized spacial score (nSPS) is 13.9.